The number of halogens is 1. The molecule has 2 N–H and O–H groups in total. The third-order valence-corrected chi connectivity index (χ3v) is 4.38. The molecule has 0 bridgehead atoms. The molecule has 0 fully saturated rings. The Morgan fingerprint density at radius 2 is 2.05 bits per heavy atom. The van der Waals surface area contributed by atoms with E-state index in [2.05, 4.69) is 34.9 Å². The van der Waals surface area contributed by atoms with Gasteiger partial charge in [-0.05, 0) is 42.3 Å². The molecule has 5 heteroatoms. The third-order valence-electron chi connectivity index (χ3n) is 3.47. The van der Waals surface area contributed by atoms with Crippen LogP contribution in [0.2, 0.25) is 0 Å². The highest BCUT2D eigenvalue weighted by Crippen LogP contribution is 2.27. The van der Waals surface area contributed by atoms with Crippen LogP contribution in [0, 0.1) is 0 Å². The minimum absolute atomic E-state index is 0.0491. The van der Waals surface area contributed by atoms with Crippen LogP contribution < -0.4 is 10.5 Å². The van der Waals surface area contributed by atoms with Crippen molar-refractivity contribution in [3.63, 3.8) is 0 Å². The summed E-state index contributed by atoms with van der Waals surface area (Å²) in [6, 6.07) is 7.86. The maximum Gasteiger partial charge on any atom is 0.131 e. The molecule has 2 aromatic rings. The maximum atomic E-state index is 5.99. The highest BCUT2D eigenvalue weighted by Gasteiger charge is 2.15. The molecule has 1 aromatic carbocycles. The Balaban J connectivity index is 2.23. The monoisotopic (exact) mass is 351 g/mol. The molecule has 2 rings (SSSR count). The Morgan fingerprint density at radius 1 is 1.33 bits per heavy atom. The van der Waals surface area contributed by atoms with Gasteiger partial charge in [0.25, 0.3) is 0 Å². The summed E-state index contributed by atoms with van der Waals surface area (Å²) < 4.78 is 9.02. The fraction of sp³-hybridized carbons (Fsp3) is 0.438. The molecule has 0 unspecified atom stereocenters. The molecule has 0 aliphatic carbocycles. The van der Waals surface area contributed by atoms with Gasteiger partial charge in [-0.25, -0.2) is 0 Å². The van der Waals surface area contributed by atoms with Crippen LogP contribution in [0.3, 0.4) is 0 Å². The molecule has 0 saturated carbocycles. The first-order valence-electron chi connectivity index (χ1n) is 7.29. The number of benzene rings is 1. The van der Waals surface area contributed by atoms with Crippen LogP contribution in [-0.4, -0.2) is 9.78 Å². The van der Waals surface area contributed by atoms with Gasteiger partial charge in [-0.2, -0.15) is 5.10 Å². The van der Waals surface area contributed by atoms with Crippen molar-refractivity contribution in [2.24, 2.45) is 5.73 Å². The van der Waals surface area contributed by atoms with Crippen LogP contribution in [0.1, 0.15) is 43.8 Å². The lowest BCUT2D eigenvalue weighted by Crippen LogP contribution is -2.10. The molecule has 1 heterocycles. The molecule has 0 spiro atoms. The van der Waals surface area contributed by atoms with Crippen molar-refractivity contribution in [3.8, 4) is 5.75 Å². The molecule has 21 heavy (non-hydrogen) atoms. The van der Waals surface area contributed by atoms with Gasteiger partial charge in [0.1, 0.15) is 12.4 Å². The van der Waals surface area contributed by atoms with Crippen molar-refractivity contribution < 1.29 is 4.74 Å². The minimum Gasteiger partial charge on any atom is -0.487 e. The van der Waals surface area contributed by atoms with Crippen LogP contribution in [0.4, 0.5) is 0 Å². The summed E-state index contributed by atoms with van der Waals surface area (Å²) in [4.78, 5) is 0. The van der Waals surface area contributed by atoms with E-state index < -0.39 is 0 Å². The van der Waals surface area contributed by atoms with Gasteiger partial charge >= 0.3 is 0 Å². The Morgan fingerprint density at radius 3 is 2.67 bits per heavy atom. The number of aromatic nitrogens is 2. The van der Waals surface area contributed by atoms with Crippen LogP contribution in [-0.2, 0) is 19.6 Å². The smallest absolute Gasteiger partial charge is 0.131 e. The second-order valence-electron chi connectivity index (χ2n) is 4.99. The zero-order valence-electron chi connectivity index (χ0n) is 12.8. The summed E-state index contributed by atoms with van der Waals surface area (Å²) in [5, 5.41) is 4.58. The van der Waals surface area contributed by atoms with Crippen molar-refractivity contribution in [2.75, 3.05) is 0 Å². The number of aryl methyl sites for hydroxylation is 2. The fourth-order valence-electron chi connectivity index (χ4n) is 2.29. The molecule has 0 amide bonds. The summed E-state index contributed by atoms with van der Waals surface area (Å²) in [5.41, 5.74) is 9.14. The van der Waals surface area contributed by atoms with E-state index >= 15 is 0 Å². The molecule has 1 aromatic heterocycles. The van der Waals surface area contributed by atoms with E-state index in [9.17, 15) is 0 Å². The highest BCUT2D eigenvalue weighted by atomic mass is 79.9. The van der Waals surface area contributed by atoms with E-state index in [1.165, 1.54) is 0 Å². The topological polar surface area (TPSA) is 53.1 Å². The van der Waals surface area contributed by atoms with Gasteiger partial charge in [0, 0.05) is 18.2 Å². The van der Waals surface area contributed by atoms with E-state index in [4.69, 9.17) is 10.5 Å². The van der Waals surface area contributed by atoms with Crippen LogP contribution >= 0.6 is 15.9 Å². The summed E-state index contributed by atoms with van der Waals surface area (Å²) in [6.45, 7) is 7.45. The maximum absolute atomic E-state index is 5.99. The normalized spacial score (nSPS) is 12.4. The van der Waals surface area contributed by atoms with Crippen LogP contribution in [0.25, 0.3) is 0 Å². The van der Waals surface area contributed by atoms with Crippen molar-refractivity contribution in [1.82, 2.24) is 9.78 Å². The predicted octanol–water partition coefficient (Wildman–Crippen LogP) is 3.83. The SMILES string of the molecule is CCc1nn(CC)c(COc2ccccc2[C@H](C)N)c1Br. The lowest BCUT2D eigenvalue weighted by Gasteiger charge is -2.14. The number of hydrogen-bond acceptors (Lipinski definition) is 3. The number of para-hydroxylation sites is 1. The Bertz CT molecular complexity index is 608. The number of nitrogens with two attached hydrogens (primary N) is 1. The van der Waals surface area contributed by atoms with E-state index in [0.29, 0.717) is 6.61 Å². The van der Waals surface area contributed by atoms with Crippen LogP contribution in [0.5, 0.6) is 5.75 Å². The molecule has 4 nitrogen and oxygen atoms in total. The lowest BCUT2D eigenvalue weighted by molar-refractivity contribution is 0.287. The van der Waals surface area contributed by atoms with Gasteiger partial charge in [0.05, 0.1) is 15.9 Å². The van der Waals surface area contributed by atoms with Crippen molar-refractivity contribution >= 4 is 15.9 Å². The molecule has 0 aliphatic heterocycles. The van der Waals surface area contributed by atoms with E-state index in [1.807, 2.05) is 35.9 Å². The van der Waals surface area contributed by atoms with E-state index in [-0.39, 0.29) is 6.04 Å². The minimum atomic E-state index is -0.0491. The molecular formula is C16H22BrN3O. The summed E-state index contributed by atoms with van der Waals surface area (Å²) in [6.07, 6.45) is 0.900. The van der Waals surface area contributed by atoms with Gasteiger partial charge in [-0.3, -0.25) is 4.68 Å². The quantitative estimate of drug-likeness (QED) is 0.860. The van der Waals surface area contributed by atoms with Crippen LogP contribution in [0.15, 0.2) is 28.7 Å². The zero-order valence-corrected chi connectivity index (χ0v) is 14.4. The second kappa shape index (κ2) is 7.09. The van der Waals surface area contributed by atoms with E-state index in [0.717, 1.165) is 40.1 Å². The van der Waals surface area contributed by atoms with Gasteiger partial charge in [-0.1, -0.05) is 25.1 Å². The Kier molecular flexibility index (Phi) is 5.42. The first kappa shape index (κ1) is 16.0. The lowest BCUT2D eigenvalue weighted by atomic mass is 10.1. The summed E-state index contributed by atoms with van der Waals surface area (Å²) in [7, 11) is 0. The Hall–Kier alpha value is -1.33. The van der Waals surface area contributed by atoms with Gasteiger partial charge in [-0.15, -0.1) is 0 Å². The van der Waals surface area contributed by atoms with Crippen molar-refractivity contribution in [3.05, 3.63) is 45.7 Å². The standard InChI is InChI=1S/C16H22BrN3O/c1-4-13-16(17)14(20(5-2)19-13)10-21-15-9-7-6-8-12(15)11(3)18/h6-9,11H,4-5,10,18H2,1-3H3/t11-/m0/s1. The first-order valence-corrected chi connectivity index (χ1v) is 8.09. The average molecular weight is 352 g/mol. The second-order valence-corrected chi connectivity index (χ2v) is 5.78. The molecule has 0 radical (unpaired) electrons. The molecular weight excluding hydrogens is 330 g/mol. The summed E-state index contributed by atoms with van der Waals surface area (Å²) in [5.74, 6) is 0.835. The highest BCUT2D eigenvalue weighted by molar-refractivity contribution is 9.10. The van der Waals surface area contributed by atoms with E-state index in [1.54, 1.807) is 0 Å². The first-order chi connectivity index (χ1) is 10.1. The van der Waals surface area contributed by atoms with Crippen molar-refractivity contribution in [1.29, 1.82) is 0 Å². The van der Waals surface area contributed by atoms with Gasteiger partial charge < -0.3 is 10.5 Å². The molecule has 1 atom stereocenters. The Labute approximate surface area is 134 Å². The largest absolute Gasteiger partial charge is 0.487 e. The number of nitrogens with zero attached hydrogens (tertiary/aromatic N) is 2. The fourth-order valence-corrected chi connectivity index (χ4v) is 2.97. The molecule has 114 valence electrons. The molecule has 0 aliphatic rings. The van der Waals surface area contributed by atoms with Gasteiger partial charge in [0.15, 0.2) is 0 Å². The predicted molar refractivity (Wildman–Crippen MR) is 88.4 cm³/mol. The number of ether oxygens (including phenoxy) is 1. The average Bonchev–Trinajstić information content (AvgIpc) is 2.80. The summed E-state index contributed by atoms with van der Waals surface area (Å²) >= 11 is 3.64. The van der Waals surface area contributed by atoms with Crippen molar-refractivity contribution in [2.45, 2.75) is 46.4 Å². The third kappa shape index (κ3) is 3.47. The molecule has 0 saturated heterocycles. The van der Waals surface area contributed by atoms with Gasteiger partial charge in [0.2, 0.25) is 0 Å². The zero-order chi connectivity index (χ0) is 15.4. The number of hydrogen-bond donors (Lipinski definition) is 1. The number of rotatable bonds is 6.